The van der Waals surface area contributed by atoms with Crippen LogP contribution in [0.4, 0.5) is 0 Å². The molecular formula is C17H21NO2S. The number of esters is 1. The standard InChI is InChI=1S/C17H21NO2S/c1-3-10-18-16(17(19)20-2)12-21-15-9-8-13-6-4-5-7-14(13)11-15/h4-9,11,16,18H,3,10,12H2,1-2H3. The highest BCUT2D eigenvalue weighted by atomic mass is 32.2. The minimum Gasteiger partial charge on any atom is -0.468 e. The first-order valence-electron chi connectivity index (χ1n) is 7.17. The second-order valence-electron chi connectivity index (χ2n) is 4.85. The van der Waals surface area contributed by atoms with Crippen molar-refractivity contribution >= 4 is 28.5 Å². The number of hydrogen-bond donors (Lipinski definition) is 1. The molecule has 0 aliphatic heterocycles. The van der Waals surface area contributed by atoms with Crippen LogP contribution in [0.5, 0.6) is 0 Å². The number of carbonyl (C=O) groups excluding carboxylic acids is 1. The summed E-state index contributed by atoms with van der Waals surface area (Å²) in [4.78, 5) is 12.9. The molecule has 2 rings (SSSR count). The summed E-state index contributed by atoms with van der Waals surface area (Å²) in [6.07, 6.45) is 0.994. The molecular weight excluding hydrogens is 282 g/mol. The van der Waals surface area contributed by atoms with Crippen LogP contribution in [0, 0.1) is 0 Å². The maximum absolute atomic E-state index is 11.8. The largest absolute Gasteiger partial charge is 0.468 e. The molecule has 0 radical (unpaired) electrons. The zero-order chi connectivity index (χ0) is 15.1. The molecule has 0 aliphatic rings. The lowest BCUT2D eigenvalue weighted by atomic mass is 10.1. The molecule has 0 aromatic heterocycles. The second kappa shape index (κ2) is 8.05. The van der Waals surface area contributed by atoms with Crippen molar-refractivity contribution in [1.29, 1.82) is 0 Å². The van der Waals surface area contributed by atoms with Gasteiger partial charge in [-0.25, -0.2) is 0 Å². The van der Waals surface area contributed by atoms with Crippen molar-refractivity contribution in [2.45, 2.75) is 24.3 Å². The monoisotopic (exact) mass is 303 g/mol. The fourth-order valence-electron chi connectivity index (χ4n) is 2.11. The maximum Gasteiger partial charge on any atom is 0.323 e. The first-order valence-corrected chi connectivity index (χ1v) is 8.16. The molecule has 0 amide bonds. The van der Waals surface area contributed by atoms with Crippen molar-refractivity contribution in [3.63, 3.8) is 0 Å². The predicted molar refractivity (Wildman–Crippen MR) is 88.8 cm³/mol. The molecule has 112 valence electrons. The summed E-state index contributed by atoms with van der Waals surface area (Å²) in [6, 6.07) is 14.4. The summed E-state index contributed by atoms with van der Waals surface area (Å²) >= 11 is 1.67. The lowest BCUT2D eigenvalue weighted by Crippen LogP contribution is -2.40. The van der Waals surface area contributed by atoms with E-state index in [1.54, 1.807) is 11.8 Å². The summed E-state index contributed by atoms with van der Waals surface area (Å²) < 4.78 is 4.85. The van der Waals surface area contributed by atoms with Gasteiger partial charge in [0.25, 0.3) is 0 Å². The van der Waals surface area contributed by atoms with Crippen LogP contribution in [0.25, 0.3) is 10.8 Å². The van der Waals surface area contributed by atoms with Crippen LogP contribution in [0.3, 0.4) is 0 Å². The first-order chi connectivity index (χ1) is 10.2. The zero-order valence-corrected chi connectivity index (χ0v) is 13.3. The normalized spacial score (nSPS) is 12.3. The smallest absolute Gasteiger partial charge is 0.323 e. The average Bonchev–Trinajstić information content (AvgIpc) is 2.54. The van der Waals surface area contributed by atoms with Crippen LogP contribution in [0.1, 0.15) is 13.3 Å². The highest BCUT2D eigenvalue weighted by Crippen LogP contribution is 2.24. The number of ether oxygens (including phenoxy) is 1. The second-order valence-corrected chi connectivity index (χ2v) is 5.94. The number of fused-ring (bicyclic) bond motifs is 1. The van der Waals surface area contributed by atoms with E-state index in [-0.39, 0.29) is 12.0 Å². The Morgan fingerprint density at radius 2 is 2.00 bits per heavy atom. The van der Waals surface area contributed by atoms with Gasteiger partial charge in [0.2, 0.25) is 0 Å². The van der Waals surface area contributed by atoms with Gasteiger partial charge >= 0.3 is 5.97 Å². The molecule has 2 aromatic carbocycles. The van der Waals surface area contributed by atoms with Gasteiger partial charge in [0, 0.05) is 10.6 Å². The fraction of sp³-hybridized carbons (Fsp3) is 0.353. The van der Waals surface area contributed by atoms with Crippen LogP contribution in [-0.2, 0) is 9.53 Å². The Labute approximate surface area is 130 Å². The van der Waals surface area contributed by atoms with Gasteiger partial charge in [0.05, 0.1) is 7.11 Å². The number of methoxy groups -OCH3 is 1. The molecule has 0 spiro atoms. The van der Waals surface area contributed by atoms with Gasteiger partial charge in [-0.2, -0.15) is 0 Å². The SMILES string of the molecule is CCCNC(CSc1ccc2ccccc2c1)C(=O)OC. The number of benzene rings is 2. The topological polar surface area (TPSA) is 38.3 Å². The Balaban J connectivity index is 2.02. The van der Waals surface area contributed by atoms with Gasteiger partial charge in [-0.05, 0) is 35.9 Å². The number of rotatable bonds is 7. The van der Waals surface area contributed by atoms with Crippen LogP contribution in [0.15, 0.2) is 47.4 Å². The summed E-state index contributed by atoms with van der Waals surface area (Å²) in [5, 5.41) is 5.69. The Hall–Kier alpha value is -1.52. The molecule has 3 nitrogen and oxygen atoms in total. The Bertz CT molecular complexity index is 600. The highest BCUT2D eigenvalue weighted by molar-refractivity contribution is 7.99. The fourth-order valence-corrected chi connectivity index (χ4v) is 3.10. The van der Waals surface area contributed by atoms with Crippen molar-refractivity contribution in [2.75, 3.05) is 19.4 Å². The molecule has 4 heteroatoms. The number of nitrogens with one attached hydrogen (secondary N) is 1. The summed E-state index contributed by atoms with van der Waals surface area (Å²) in [6.45, 7) is 2.90. The van der Waals surface area contributed by atoms with Crippen molar-refractivity contribution in [2.24, 2.45) is 0 Å². The van der Waals surface area contributed by atoms with E-state index in [1.165, 1.54) is 22.8 Å². The van der Waals surface area contributed by atoms with Crippen LogP contribution in [0.2, 0.25) is 0 Å². The van der Waals surface area contributed by atoms with Gasteiger partial charge in [-0.3, -0.25) is 4.79 Å². The number of hydrogen-bond acceptors (Lipinski definition) is 4. The number of thioether (sulfide) groups is 1. The zero-order valence-electron chi connectivity index (χ0n) is 12.5. The summed E-state index contributed by atoms with van der Waals surface area (Å²) in [5.41, 5.74) is 0. The molecule has 21 heavy (non-hydrogen) atoms. The van der Waals surface area contributed by atoms with Crippen LogP contribution < -0.4 is 5.32 Å². The van der Waals surface area contributed by atoms with Crippen LogP contribution >= 0.6 is 11.8 Å². The molecule has 1 atom stereocenters. The van der Waals surface area contributed by atoms with E-state index in [0.717, 1.165) is 13.0 Å². The van der Waals surface area contributed by atoms with Gasteiger partial charge in [-0.15, -0.1) is 11.8 Å². The minimum absolute atomic E-state index is 0.197. The van der Waals surface area contributed by atoms with Crippen molar-refractivity contribution in [3.05, 3.63) is 42.5 Å². The molecule has 2 aromatic rings. The molecule has 1 unspecified atom stereocenters. The molecule has 0 heterocycles. The quantitative estimate of drug-likeness (QED) is 0.628. The highest BCUT2D eigenvalue weighted by Gasteiger charge is 2.18. The molecule has 0 aliphatic carbocycles. The van der Waals surface area contributed by atoms with E-state index in [4.69, 9.17) is 4.74 Å². The predicted octanol–water partition coefficient (Wildman–Crippen LogP) is 3.47. The third-order valence-electron chi connectivity index (χ3n) is 3.26. The maximum atomic E-state index is 11.8. The first kappa shape index (κ1) is 15.9. The summed E-state index contributed by atoms with van der Waals surface area (Å²) in [7, 11) is 1.43. The third-order valence-corrected chi connectivity index (χ3v) is 4.35. The molecule has 0 saturated heterocycles. The van der Waals surface area contributed by atoms with E-state index >= 15 is 0 Å². The van der Waals surface area contributed by atoms with Crippen LogP contribution in [-0.4, -0.2) is 31.4 Å². The third kappa shape index (κ3) is 4.48. The Morgan fingerprint density at radius 3 is 2.71 bits per heavy atom. The average molecular weight is 303 g/mol. The van der Waals surface area contributed by atoms with Crippen molar-refractivity contribution in [3.8, 4) is 0 Å². The van der Waals surface area contributed by atoms with E-state index in [0.29, 0.717) is 5.75 Å². The number of carbonyl (C=O) groups is 1. The van der Waals surface area contributed by atoms with E-state index in [1.807, 2.05) is 12.1 Å². The Kier molecular flexibility index (Phi) is 6.08. The van der Waals surface area contributed by atoms with Crippen molar-refractivity contribution in [1.82, 2.24) is 5.32 Å². The van der Waals surface area contributed by atoms with Gasteiger partial charge in [-0.1, -0.05) is 37.3 Å². The van der Waals surface area contributed by atoms with Gasteiger partial charge < -0.3 is 10.1 Å². The molecule has 1 N–H and O–H groups in total. The minimum atomic E-state index is -0.258. The lowest BCUT2D eigenvalue weighted by molar-refractivity contribution is -0.142. The lowest BCUT2D eigenvalue weighted by Gasteiger charge is -2.15. The molecule has 0 saturated carbocycles. The van der Waals surface area contributed by atoms with E-state index < -0.39 is 0 Å². The molecule has 0 fully saturated rings. The van der Waals surface area contributed by atoms with E-state index in [9.17, 15) is 4.79 Å². The van der Waals surface area contributed by atoms with Gasteiger partial charge in [0.1, 0.15) is 6.04 Å². The summed E-state index contributed by atoms with van der Waals surface area (Å²) in [5.74, 6) is 0.474. The molecule has 0 bridgehead atoms. The van der Waals surface area contributed by atoms with E-state index in [2.05, 4.69) is 42.6 Å². The Morgan fingerprint density at radius 1 is 1.24 bits per heavy atom. The van der Waals surface area contributed by atoms with Gasteiger partial charge in [0.15, 0.2) is 0 Å². The van der Waals surface area contributed by atoms with Crippen molar-refractivity contribution < 1.29 is 9.53 Å².